The predicted molar refractivity (Wildman–Crippen MR) is 101 cm³/mol. The summed E-state index contributed by atoms with van der Waals surface area (Å²) < 4.78 is 0. The van der Waals surface area contributed by atoms with Crippen molar-refractivity contribution < 1.29 is 4.79 Å². The molecule has 0 aliphatic heterocycles. The standard InChI is InChI=1S/C18H18Cl2N4O/c19-12-6-5-11(14(20)8-12)7-13(21)9-18(25)22-10-17-23-15-3-1-2-4-16(15)24-17/h1-6,8,13H,7,9-10,21H2,(H,22,25)(H,23,24)/t13-/m0/s1. The van der Waals surface area contributed by atoms with Crippen molar-refractivity contribution in [3.05, 3.63) is 63.9 Å². The molecule has 0 bridgehead atoms. The Balaban J connectivity index is 1.51. The smallest absolute Gasteiger partial charge is 0.221 e. The largest absolute Gasteiger partial charge is 0.349 e. The van der Waals surface area contributed by atoms with Crippen LogP contribution < -0.4 is 11.1 Å². The molecule has 0 aliphatic carbocycles. The average Bonchev–Trinajstić information content (AvgIpc) is 2.98. The summed E-state index contributed by atoms with van der Waals surface area (Å²) in [6.07, 6.45) is 0.716. The first-order chi connectivity index (χ1) is 12.0. The van der Waals surface area contributed by atoms with Gasteiger partial charge < -0.3 is 16.0 Å². The summed E-state index contributed by atoms with van der Waals surface area (Å²) in [4.78, 5) is 19.7. The highest BCUT2D eigenvalue weighted by Gasteiger charge is 2.13. The zero-order valence-corrected chi connectivity index (χ0v) is 14.9. The number of fused-ring (bicyclic) bond motifs is 1. The minimum Gasteiger partial charge on any atom is -0.349 e. The van der Waals surface area contributed by atoms with Crippen molar-refractivity contribution in [2.24, 2.45) is 5.73 Å². The van der Waals surface area contributed by atoms with Gasteiger partial charge in [0.05, 0.1) is 17.6 Å². The van der Waals surface area contributed by atoms with E-state index in [1.807, 2.05) is 30.3 Å². The van der Waals surface area contributed by atoms with Crippen LogP contribution in [-0.2, 0) is 17.8 Å². The number of nitrogens with two attached hydrogens (primary N) is 1. The van der Waals surface area contributed by atoms with Gasteiger partial charge in [-0.1, -0.05) is 41.4 Å². The number of carbonyl (C=O) groups excluding carboxylic acids is 1. The number of nitrogens with zero attached hydrogens (tertiary/aromatic N) is 1. The maximum absolute atomic E-state index is 12.1. The van der Waals surface area contributed by atoms with Gasteiger partial charge in [0, 0.05) is 22.5 Å². The first-order valence-corrected chi connectivity index (χ1v) is 8.66. The Bertz CT molecular complexity index is 861. The van der Waals surface area contributed by atoms with Gasteiger partial charge in [0.15, 0.2) is 0 Å². The highest BCUT2D eigenvalue weighted by Crippen LogP contribution is 2.22. The van der Waals surface area contributed by atoms with Gasteiger partial charge in [0.1, 0.15) is 5.82 Å². The number of benzene rings is 2. The molecule has 0 saturated heterocycles. The summed E-state index contributed by atoms with van der Waals surface area (Å²) in [7, 11) is 0. The van der Waals surface area contributed by atoms with Crippen LogP contribution in [-0.4, -0.2) is 21.9 Å². The molecule has 1 aromatic heterocycles. The second kappa shape index (κ2) is 7.87. The number of imidazole rings is 1. The van der Waals surface area contributed by atoms with Crippen molar-refractivity contribution in [3.63, 3.8) is 0 Å². The summed E-state index contributed by atoms with van der Waals surface area (Å²) in [5.74, 6) is 0.585. The Morgan fingerprint density at radius 2 is 2.04 bits per heavy atom. The molecule has 0 unspecified atom stereocenters. The van der Waals surface area contributed by atoms with Crippen LogP contribution in [0.15, 0.2) is 42.5 Å². The average molecular weight is 377 g/mol. The van der Waals surface area contributed by atoms with Crippen molar-refractivity contribution in [3.8, 4) is 0 Å². The Labute approximate surface area is 155 Å². The third kappa shape index (κ3) is 4.72. The molecule has 7 heteroatoms. The molecule has 0 spiro atoms. The van der Waals surface area contributed by atoms with E-state index in [1.54, 1.807) is 12.1 Å². The number of nitrogens with one attached hydrogen (secondary N) is 2. The molecule has 1 amide bonds. The number of halogens is 2. The van der Waals surface area contributed by atoms with Crippen LogP contribution in [0, 0.1) is 0 Å². The fraction of sp³-hybridized carbons (Fsp3) is 0.222. The van der Waals surface area contributed by atoms with Crippen LogP contribution in [0.3, 0.4) is 0 Å². The highest BCUT2D eigenvalue weighted by molar-refractivity contribution is 6.35. The summed E-state index contributed by atoms with van der Waals surface area (Å²) in [6.45, 7) is 0.335. The lowest BCUT2D eigenvalue weighted by molar-refractivity contribution is -0.121. The van der Waals surface area contributed by atoms with E-state index in [1.165, 1.54) is 0 Å². The second-order valence-electron chi connectivity index (χ2n) is 5.88. The van der Waals surface area contributed by atoms with E-state index in [-0.39, 0.29) is 18.4 Å². The molecule has 2 aromatic carbocycles. The van der Waals surface area contributed by atoms with Crippen LogP contribution in [0.1, 0.15) is 17.8 Å². The van der Waals surface area contributed by atoms with Gasteiger partial charge in [-0.05, 0) is 36.2 Å². The summed E-state index contributed by atoms with van der Waals surface area (Å²) in [6, 6.07) is 12.7. The lowest BCUT2D eigenvalue weighted by Crippen LogP contribution is -2.33. The molecule has 4 N–H and O–H groups in total. The number of rotatable bonds is 6. The third-order valence-corrected chi connectivity index (χ3v) is 4.42. The van der Waals surface area contributed by atoms with E-state index in [0.29, 0.717) is 28.8 Å². The summed E-state index contributed by atoms with van der Waals surface area (Å²) >= 11 is 12.0. The summed E-state index contributed by atoms with van der Waals surface area (Å²) in [5.41, 5.74) is 8.77. The minimum atomic E-state index is -0.325. The molecule has 130 valence electrons. The number of H-pyrrole nitrogens is 1. The van der Waals surface area contributed by atoms with Crippen LogP contribution >= 0.6 is 23.2 Å². The molecule has 5 nitrogen and oxygen atoms in total. The number of aromatic nitrogens is 2. The number of amides is 1. The van der Waals surface area contributed by atoms with E-state index in [9.17, 15) is 4.79 Å². The van der Waals surface area contributed by atoms with Crippen molar-refractivity contribution >= 4 is 40.1 Å². The molecular formula is C18H18Cl2N4O. The van der Waals surface area contributed by atoms with Crippen molar-refractivity contribution in [2.45, 2.75) is 25.4 Å². The molecule has 0 fully saturated rings. The summed E-state index contributed by atoms with van der Waals surface area (Å²) in [5, 5.41) is 3.97. The predicted octanol–water partition coefficient (Wildman–Crippen LogP) is 3.45. The fourth-order valence-corrected chi connectivity index (χ4v) is 3.11. The Hall–Kier alpha value is -2.08. The van der Waals surface area contributed by atoms with Crippen molar-refractivity contribution in [1.82, 2.24) is 15.3 Å². The van der Waals surface area contributed by atoms with E-state index >= 15 is 0 Å². The fourth-order valence-electron chi connectivity index (χ4n) is 2.62. The Morgan fingerprint density at radius 3 is 2.80 bits per heavy atom. The van der Waals surface area contributed by atoms with E-state index in [2.05, 4.69) is 15.3 Å². The number of carbonyl (C=O) groups is 1. The zero-order chi connectivity index (χ0) is 17.8. The van der Waals surface area contributed by atoms with Crippen LogP contribution in [0.2, 0.25) is 10.0 Å². The van der Waals surface area contributed by atoms with Gasteiger partial charge in [-0.3, -0.25) is 4.79 Å². The first-order valence-electron chi connectivity index (χ1n) is 7.91. The van der Waals surface area contributed by atoms with Gasteiger partial charge >= 0.3 is 0 Å². The first kappa shape index (κ1) is 17.7. The Kier molecular flexibility index (Phi) is 5.58. The third-order valence-electron chi connectivity index (χ3n) is 3.84. The van der Waals surface area contributed by atoms with Gasteiger partial charge in [-0.2, -0.15) is 0 Å². The maximum Gasteiger partial charge on any atom is 0.221 e. The molecular weight excluding hydrogens is 359 g/mol. The molecule has 0 aliphatic rings. The van der Waals surface area contributed by atoms with Crippen molar-refractivity contribution in [1.29, 1.82) is 0 Å². The van der Waals surface area contributed by atoms with Gasteiger partial charge in [-0.15, -0.1) is 0 Å². The normalized spacial score (nSPS) is 12.3. The van der Waals surface area contributed by atoms with E-state index < -0.39 is 0 Å². The highest BCUT2D eigenvalue weighted by atomic mass is 35.5. The molecule has 3 aromatic rings. The minimum absolute atomic E-state index is 0.127. The molecule has 0 saturated carbocycles. The number of hydrogen-bond acceptors (Lipinski definition) is 3. The van der Waals surface area contributed by atoms with Gasteiger partial charge in [-0.25, -0.2) is 4.98 Å². The van der Waals surface area contributed by atoms with Crippen molar-refractivity contribution in [2.75, 3.05) is 0 Å². The lowest BCUT2D eigenvalue weighted by Gasteiger charge is -2.12. The monoisotopic (exact) mass is 376 g/mol. The van der Waals surface area contributed by atoms with Crippen LogP contribution in [0.5, 0.6) is 0 Å². The molecule has 0 radical (unpaired) electrons. The number of para-hydroxylation sites is 2. The molecule has 1 atom stereocenters. The SMILES string of the molecule is N[C@H](CC(=O)NCc1nc2ccccc2[nH]1)Cc1ccc(Cl)cc1Cl. The van der Waals surface area contributed by atoms with Gasteiger partial charge in [0.2, 0.25) is 5.91 Å². The molecule has 3 rings (SSSR count). The van der Waals surface area contributed by atoms with E-state index in [0.717, 1.165) is 16.6 Å². The Morgan fingerprint density at radius 1 is 1.24 bits per heavy atom. The molecule has 25 heavy (non-hydrogen) atoms. The second-order valence-corrected chi connectivity index (χ2v) is 6.73. The van der Waals surface area contributed by atoms with Crippen LogP contribution in [0.25, 0.3) is 11.0 Å². The van der Waals surface area contributed by atoms with Crippen LogP contribution in [0.4, 0.5) is 0 Å². The lowest BCUT2D eigenvalue weighted by atomic mass is 10.0. The number of aromatic amines is 1. The zero-order valence-electron chi connectivity index (χ0n) is 13.4. The molecule has 1 heterocycles. The number of hydrogen-bond donors (Lipinski definition) is 3. The van der Waals surface area contributed by atoms with Gasteiger partial charge in [0.25, 0.3) is 0 Å². The van der Waals surface area contributed by atoms with E-state index in [4.69, 9.17) is 28.9 Å². The maximum atomic E-state index is 12.1. The topological polar surface area (TPSA) is 83.8 Å². The quantitative estimate of drug-likeness (QED) is 0.615.